The average Bonchev–Trinajstić information content (AvgIpc) is 3.21. The van der Waals surface area contributed by atoms with Gasteiger partial charge in [-0.2, -0.15) is 0 Å². The number of benzene rings is 3. The maximum atomic E-state index is 13.2. The summed E-state index contributed by atoms with van der Waals surface area (Å²) in [6.45, 7) is 7.45. The number of carbonyl (C=O) groups is 1. The normalized spacial score (nSPS) is 12.1. The summed E-state index contributed by atoms with van der Waals surface area (Å²) in [5, 5.41) is 1.67. The van der Waals surface area contributed by atoms with E-state index in [2.05, 4.69) is 9.71 Å². The monoisotopic (exact) mass is 508 g/mol. The maximum Gasteiger partial charge on any atom is 0.367 e. The van der Waals surface area contributed by atoms with Gasteiger partial charge in [0.25, 0.3) is 0 Å². The van der Waals surface area contributed by atoms with Crippen molar-refractivity contribution in [3.8, 4) is 10.4 Å². The first-order valence-corrected chi connectivity index (χ1v) is 13.7. The topological polar surface area (TPSA) is 85.4 Å². The molecule has 4 rings (SSSR count). The molecule has 1 aromatic heterocycles. The largest absolute Gasteiger partial charge is 0.461 e. The molecule has 0 atom stereocenters. The second-order valence-electron chi connectivity index (χ2n) is 9.19. The molecule has 0 bridgehead atoms. The minimum atomic E-state index is -3.75. The van der Waals surface area contributed by atoms with Crippen LogP contribution in [0, 0.1) is 0 Å². The van der Waals surface area contributed by atoms with Crippen LogP contribution in [0.3, 0.4) is 0 Å². The van der Waals surface area contributed by atoms with Gasteiger partial charge in [0.15, 0.2) is 0 Å². The molecule has 8 heteroatoms. The van der Waals surface area contributed by atoms with Crippen LogP contribution in [0.1, 0.15) is 48.8 Å². The van der Waals surface area contributed by atoms with Crippen LogP contribution in [0.25, 0.3) is 21.2 Å². The molecular weight excluding hydrogens is 480 g/mol. The van der Waals surface area contributed by atoms with Gasteiger partial charge in [-0.3, -0.25) is 0 Å². The number of rotatable bonds is 7. The Balaban J connectivity index is 1.90. The van der Waals surface area contributed by atoms with E-state index in [0.29, 0.717) is 11.8 Å². The van der Waals surface area contributed by atoms with Crippen LogP contribution in [0.5, 0.6) is 0 Å². The van der Waals surface area contributed by atoms with E-state index in [1.807, 2.05) is 69.3 Å². The Morgan fingerprint density at radius 2 is 1.63 bits per heavy atom. The number of thiazole rings is 1. The van der Waals surface area contributed by atoms with Crippen molar-refractivity contribution in [3.05, 3.63) is 83.0 Å². The van der Waals surface area contributed by atoms with Crippen molar-refractivity contribution in [3.63, 3.8) is 0 Å². The molecule has 0 radical (unpaired) electrons. The van der Waals surface area contributed by atoms with E-state index in [9.17, 15) is 13.2 Å². The van der Waals surface area contributed by atoms with E-state index in [1.165, 1.54) is 11.3 Å². The lowest BCUT2D eigenvalue weighted by molar-refractivity contribution is 0.0525. The van der Waals surface area contributed by atoms with Crippen molar-refractivity contribution in [2.24, 2.45) is 0 Å². The van der Waals surface area contributed by atoms with Crippen molar-refractivity contribution < 1.29 is 17.9 Å². The lowest BCUT2D eigenvalue weighted by Crippen LogP contribution is -2.40. The fourth-order valence-electron chi connectivity index (χ4n) is 3.91. The third-order valence-electron chi connectivity index (χ3n) is 5.22. The molecule has 6 nitrogen and oxygen atoms in total. The predicted molar refractivity (Wildman–Crippen MR) is 140 cm³/mol. The van der Waals surface area contributed by atoms with Crippen LogP contribution in [0.2, 0.25) is 0 Å². The van der Waals surface area contributed by atoms with Crippen LogP contribution >= 0.6 is 11.3 Å². The first-order chi connectivity index (χ1) is 16.6. The molecule has 0 fully saturated rings. The van der Waals surface area contributed by atoms with Crippen molar-refractivity contribution in [2.75, 3.05) is 6.61 Å². The molecule has 182 valence electrons. The average molecular weight is 509 g/mol. The third-order valence-corrected chi connectivity index (χ3v) is 8.15. The van der Waals surface area contributed by atoms with E-state index in [1.54, 1.807) is 25.1 Å². The Morgan fingerprint density at radius 3 is 2.29 bits per heavy atom. The first kappa shape index (κ1) is 25.0. The number of nitrogens with one attached hydrogen (secondary N) is 1. The predicted octanol–water partition coefficient (Wildman–Crippen LogP) is 5.81. The van der Waals surface area contributed by atoms with Crippen molar-refractivity contribution >= 4 is 38.1 Å². The molecule has 0 saturated carbocycles. The van der Waals surface area contributed by atoms with Gasteiger partial charge in [0.2, 0.25) is 15.0 Å². The SMILES string of the molecule is CCOC(=O)c1nc(Cc2ccccc2)c(-c2ccc(S(=O)(=O)NC(C)(C)C)c3ccccc23)s1. The highest BCUT2D eigenvalue weighted by molar-refractivity contribution is 7.89. The van der Waals surface area contributed by atoms with Crippen molar-refractivity contribution in [2.45, 2.75) is 44.6 Å². The number of hydrogen-bond acceptors (Lipinski definition) is 6. The maximum absolute atomic E-state index is 13.2. The van der Waals surface area contributed by atoms with Crippen LogP contribution in [0.4, 0.5) is 0 Å². The molecule has 35 heavy (non-hydrogen) atoms. The molecule has 4 aromatic rings. The fraction of sp³-hybridized carbons (Fsp3) is 0.259. The van der Waals surface area contributed by atoms with Crippen LogP contribution < -0.4 is 4.72 Å². The summed E-state index contributed by atoms with van der Waals surface area (Å²) in [7, 11) is -3.75. The van der Waals surface area contributed by atoms with Gasteiger partial charge >= 0.3 is 5.97 Å². The van der Waals surface area contributed by atoms with Gasteiger partial charge in [-0.05, 0) is 44.7 Å². The molecule has 3 aromatic carbocycles. The molecule has 0 aliphatic carbocycles. The summed E-state index contributed by atoms with van der Waals surface area (Å²) in [5.41, 5.74) is 2.02. The highest BCUT2D eigenvalue weighted by atomic mass is 32.2. The molecule has 0 amide bonds. The lowest BCUT2D eigenvalue weighted by Gasteiger charge is -2.21. The number of sulfonamides is 1. The van der Waals surface area contributed by atoms with Gasteiger partial charge in [-0.15, -0.1) is 11.3 Å². The van der Waals surface area contributed by atoms with Crippen LogP contribution in [-0.2, 0) is 21.2 Å². The Morgan fingerprint density at radius 1 is 0.971 bits per heavy atom. The zero-order valence-electron chi connectivity index (χ0n) is 20.2. The number of hydrogen-bond donors (Lipinski definition) is 1. The van der Waals surface area contributed by atoms with Crippen LogP contribution in [0.15, 0.2) is 71.6 Å². The summed E-state index contributed by atoms with van der Waals surface area (Å²) < 4.78 is 34.3. The van der Waals surface area contributed by atoms with Gasteiger partial charge < -0.3 is 4.74 Å². The number of fused-ring (bicyclic) bond motifs is 1. The molecule has 0 saturated heterocycles. The van der Waals surface area contributed by atoms with Gasteiger partial charge in [-0.25, -0.2) is 22.9 Å². The Hall–Kier alpha value is -3.07. The summed E-state index contributed by atoms with van der Waals surface area (Å²) in [4.78, 5) is 18.2. The van der Waals surface area contributed by atoms with Gasteiger partial charge in [0, 0.05) is 22.9 Å². The first-order valence-electron chi connectivity index (χ1n) is 11.4. The minimum Gasteiger partial charge on any atom is -0.461 e. The lowest BCUT2D eigenvalue weighted by atomic mass is 10.0. The standard InChI is InChI=1S/C27H28N2O4S2/c1-5-33-26(30)25-28-22(17-18-11-7-6-8-12-18)24(34-25)21-15-16-23(20-14-10-9-13-19(20)21)35(31,32)29-27(2,3)4/h6-16,29H,5,17H2,1-4H3. The molecular formula is C27H28N2O4S2. The molecule has 0 aliphatic rings. The van der Waals surface area contributed by atoms with Crippen LogP contribution in [-0.4, -0.2) is 31.5 Å². The molecule has 0 spiro atoms. The number of aromatic nitrogens is 1. The summed E-state index contributed by atoms with van der Waals surface area (Å²) in [6, 6.07) is 20.7. The molecule has 0 unspecified atom stereocenters. The molecule has 1 N–H and O–H groups in total. The summed E-state index contributed by atoms with van der Waals surface area (Å²) in [5.74, 6) is -0.462. The number of nitrogens with zero attached hydrogens (tertiary/aromatic N) is 1. The van der Waals surface area contributed by atoms with Gasteiger partial charge in [0.1, 0.15) is 0 Å². The minimum absolute atomic E-state index is 0.214. The third kappa shape index (κ3) is 5.61. The summed E-state index contributed by atoms with van der Waals surface area (Å²) in [6.07, 6.45) is 0.534. The van der Waals surface area contributed by atoms with Crippen molar-refractivity contribution in [1.29, 1.82) is 0 Å². The van der Waals surface area contributed by atoms with Crippen molar-refractivity contribution in [1.82, 2.24) is 9.71 Å². The second-order valence-corrected chi connectivity index (χ2v) is 11.8. The van der Waals surface area contributed by atoms with E-state index < -0.39 is 21.5 Å². The number of carbonyl (C=O) groups excluding carboxylic acids is 1. The van der Waals surface area contributed by atoms with E-state index in [-0.39, 0.29) is 16.5 Å². The van der Waals surface area contributed by atoms with E-state index in [4.69, 9.17) is 4.74 Å². The van der Waals surface area contributed by atoms with E-state index in [0.717, 1.165) is 27.1 Å². The second kappa shape index (κ2) is 9.89. The summed E-state index contributed by atoms with van der Waals surface area (Å²) >= 11 is 1.27. The zero-order chi connectivity index (χ0) is 25.2. The highest BCUT2D eigenvalue weighted by Crippen LogP contribution is 2.39. The van der Waals surface area contributed by atoms with Gasteiger partial charge in [0.05, 0.1) is 22.1 Å². The Kier molecular flexibility index (Phi) is 7.07. The molecule has 0 aliphatic heterocycles. The smallest absolute Gasteiger partial charge is 0.367 e. The van der Waals surface area contributed by atoms with E-state index >= 15 is 0 Å². The highest BCUT2D eigenvalue weighted by Gasteiger charge is 2.26. The number of esters is 1. The number of ether oxygens (including phenoxy) is 1. The Labute approximate surface area is 210 Å². The fourth-order valence-corrected chi connectivity index (χ4v) is 6.56. The molecule has 1 heterocycles. The Bertz CT molecular complexity index is 1470. The van der Waals surface area contributed by atoms with Gasteiger partial charge in [-0.1, -0.05) is 60.7 Å². The zero-order valence-corrected chi connectivity index (χ0v) is 21.8. The quantitative estimate of drug-likeness (QED) is 0.319.